The van der Waals surface area contributed by atoms with Crippen molar-refractivity contribution in [3.63, 3.8) is 0 Å². The van der Waals surface area contributed by atoms with Crippen molar-refractivity contribution in [3.8, 4) is 22.9 Å². The summed E-state index contributed by atoms with van der Waals surface area (Å²) in [6.07, 6.45) is 8.10. The Morgan fingerprint density at radius 1 is 0.720 bits per heavy atom. The Kier molecular flexibility index (Phi) is 22.6. The van der Waals surface area contributed by atoms with Crippen molar-refractivity contribution in [3.05, 3.63) is 89.9 Å². The molecule has 0 atom stereocenters. The Morgan fingerprint density at radius 3 is 1.75 bits per heavy atom. The van der Waals surface area contributed by atoms with Gasteiger partial charge in [0.15, 0.2) is 0 Å². The van der Waals surface area contributed by atoms with Gasteiger partial charge in [-0.15, -0.1) is 0 Å². The molecule has 9 rings (SSSR count). The number of aromatic nitrogens is 3. The van der Waals surface area contributed by atoms with Crippen molar-refractivity contribution in [2.45, 2.75) is 62.2 Å². The van der Waals surface area contributed by atoms with Crippen LogP contribution in [-0.4, -0.2) is 144 Å². The number of methoxy groups -OCH3 is 1. The van der Waals surface area contributed by atoms with Gasteiger partial charge in [-0.3, -0.25) is 8.91 Å². The monoisotopic (exact) mass is 1120 g/mol. The standard InChI is InChI=1S/C25H30FN5O6S.C13H18O4S.C7H7ClO2S.C6H12O2/c1-34-24-20(30-38(2,32)33)11-17(14-27-24)22-19-12-18(26)13-21(37-15-16-3-7-35-8-4-16)23(19)29-25(28-22)31-5-9-36-10-6-31;1-11-2-4-13(5-3-11)18(14,15)17-10-12-6-8-16-9-7-12;1-6-2-4-7(5-3-6)11(8,9)10;7-5-6-1-3-8-4-2-6/h11-14,16,30H,3-10,15H2,1-2H3;2-5,12H,6-10H2,1H3;2-5H,1H3;6-7H,1-5H2. The molecule has 75 heavy (non-hydrogen) atoms. The summed E-state index contributed by atoms with van der Waals surface area (Å²) in [6, 6.07) is 17.3. The first-order chi connectivity index (χ1) is 35.8. The van der Waals surface area contributed by atoms with Crippen LogP contribution in [0.3, 0.4) is 0 Å². The number of hydrogen-bond acceptors (Lipinski definition) is 18. The quantitative estimate of drug-likeness (QED) is 0.0818. The minimum atomic E-state index is -3.62. The van der Waals surface area contributed by atoms with E-state index in [1.807, 2.05) is 18.7 Å². The summed E-state index contributed by atoms with van der Waals surface area (Å²) in [7, 11) is -4.31. The van der Waals surface area contributed by atoms with E-state index in [0.29, 0.717) is 112 Å². The van der Waals surface area contributed by atoms with Crippen LogP contribution in [-0.2, 0) is 52.3 Å². The predicted molar refractivity (Wildman–Crippen MR) is 283 cm³/mol. The third-order valence-corrected chi connectivity index (χ3v) is 15.7. The van der Waals surface area contributed by atoms with E-state index in [1.54, 1.807) is 42.5 Å². The summed E-state index contributed by atoms with van der Waals surface area (Å²) in [4.78, 5) is 16.2. The molecule has 4 fully saturated rings. The highest BCUT2D eigenvalue weighted by Crippen LogP contribution is 2.37. The van der Waals surface area contributed by atoms with Crippen LogP contribution in [0.25, 0.3) is 22.2 Å². The van der Waals surface area contributed by atoms with Crippen molar-refractivity contribution >= 4 is 62.4 Å². The van der Waals surface area contributed by atoms with Crippen LogP contribution in [0.15, 0.2) is 82.7 Å². The number of benzene rings is 3. The van der Waals surface area contributed by atoms with Crippen LogP contribution in [0.1, 0.15) is 49.7 Å². The lowest BCUT2D eigenvalue weighted by Crippen LogP contribution is -2.37. The van der Waals surface area contributed by atoms with Crippen molar-refractivity contribution in [2.75, 3.05) is 109 Å². The molecule has 0 saturated carbocycles. The van der Waals surface area contributed by atoms with E-state index in [4.69, 9.17) is 58.4 Å². The van der Waals surface area contributed by atoms with Gasteiger partial charge in [0.25, 0.3) is 19.2 Å². The minimum absolute atomic E-state index is 0.0950. The first-order valence-corrected chi connectivity index (χ1v) is 30.2. The molecule has 0 amide bonds. The number of morpholine rings is 1. The maximum Gasteiger partial charge on any atom is 0.296 e. The number of aliphatic hydroxyl groups excluding tert-OH is 1. The summed E-state index contributed by atoms with van der Waals surface area (Å²) in [5.41, 5.74) is 3.48. The Labute approximate surface area is 444 Å². The highest BCUT2D eigenvalue weighted by molar-refractivity contribution is 8.13. The molecule has 2 aromatic heterocycles. The lowest BCUT2D eigenvalue weighted by Gasteiger charge is -2.27. The van der Waals surface area contributed by atoms with Gasteiger partial charge in [0.1, 0.15) is 22.8 Å². The maximum absolute atomic E-state index is 14.9. The normalized spacial score (nSPS) is 17.1. The van der Waals surface area contributed by atoms with Crippen molar-refractivity contribution < 1.29 is 67.4 Å². The van der Waals surface area contributed by atoms with Gasteiger partial charge in [-0.2, -0.15) is 8.42 Å². The van der Waals surface area contributed by atoms with Crippen LogP contribution in [0.5, 0.6) is 11.6 Å². The van der Waals surface area contributed by atoms with E-state index in [1.165, 1.54) is 37.6 Å². The number of anilines is 2. The molecule has 412 valence electrons. The van der Waals surface area contributed by atoms with Gasteiger partial charge in [-0.25, -0.2) is 36.2 Å². The van der Waals surface area contributed by atoms with Crippen molar-refractivity contribution in [1.82, 2.24) is 15.0 Å². The molecular formula is C51H67ClFN5O14S3. The van der Waals surface area contributed by atoms with Gasteiger partial charge < -0.3 is 38.4 Å². The number of pyridine rings is 1. The van der Waals surface area contributed by atoms with Gasteiger partial charge in [0.05, 0.1) is 55.3 Å². The van der Waals surface area contributed by atoms with E-state index < -0.39 is 35.0 Å². The average molecular weight is 1120 g/mol. The molecule has 24 heteroatoms. The molecule has 4 aliphatic heterocycles. The third kappa shape index (κ3) is 19.0. The number of nitrogens with zero attached hydrogens (tertiary/aromatic N) is 4. The predicted octanol–water partition coefficient (Wildman–Crippen LogP) is 7.31. The molecule has 6 heterocycles. The molecule has 0 aliphatic carbocycles. The highest BCUT2D eigenvalue weighted by atomic mass is 35.7. The summed E-state index contributed by atoms with van der Waals surface area (Å²) >= 11 is 0. The molecule has 0 radical (unpaired) electrons. The Hall–Kier alpha value is -4.82. The van der Waals surface area contributed by atoms with E-state index in [2.05, 4.69) is 9.71 Å². The van der Waals surface area contributed by atoms with Crippen LogP contribution in [0.2, 0.25) is 0 Å². The number of hydrogen-bond donors (Lipinski definition) is 2. The van der Waals surface area contributed by atoms with Gasteiger partial charge in [0, 0.05) is 93.2 Å². The second-order valence-electron chi connectivity index (χ2n) is 18.4. The number of ether oxygens (including phenoxy) is 6. The Morgan fingerprint density at radius 2 is 1.24 bits per heavy atom. The van der Waals surface area contributed by atoms with Crippen molar-refractivity contribution in [2.24, 2.45) is 17.8 Å². The Balaban J connectivity index is 0.000000201. The second-order valence-corrected chi connectivity index (χ2v) is 24.3. The average Bonchev–Trinajstić information content (AvgIpc) is 3.40. The SMILES string of the molecule is COc1ncc(-c2nc(N3CCOCC3)nc3c(OCC4CCOCC4)cc(F)cc23)cc1NS(C)(=O)=O.Cc1ccc(S(=O)(=O)Cl)cc1.Cc1ccc(S(=O)(=O)OCC2CCOCC2)cc1.OCC1CCOCC1. The molecule has 2 N–H and O–H groups in total. The number of sulfonamides is 1. The molecule has 5 aromatic rings. The van der Waals surface area contributed by atoms with Gasteiger partial charge in [0.2, 0.25) is 21.9 Å². The summed E-state index contributed by atoms with van der Waals surface area (Å²) < 4.78 is 124. The number of aryl methyl sites for hydroxylation is 2. The third-order valence-electron chi connectivity index (χ3n) is 12.5. The molecule has 0 bridgehead atoms. The fourth-order valence-electron chi connectivity index (χ4n) is 8.03. The molecule has 0 unspecified atom stereocenters. The molecular weight excluding hydrogens is 1060 g/mol. The fraction of sp³-hybridized carbons (Fsp3) is 0.510. The zero-order chi connectivity index (χ0) is 54.0. The second kappa shape index (κ2) is 28.5. The summed E-state index contributed by atoms with van der Waals surface area (Å²) in [5.74, 6) is 1.45. The molecule has 3 aromatic carbocycles. The number of halogens is 2. The van der Waals surface area contributed by atoms with E-state index >= 15 is 0 Å². The number of aliphatic hydroxyl groups is 1. The zero-order valence-electron chi connectivity index (χ0n) is 42.6. The molecule has 4 saturated heterocycles. The largest absolute Gasteiger partial charge is 0.491 e. The summed E-state index contributed by atoms with van der Waals surface area (Å²) in [5, 5.41) is 9.05. The fourth-order valence-corrected chi connectivity index (χ4v) is 10.3. The first-order valence-electron chi connectivity index (χ1n) is 24.6. The molecule has 0 spiro atoms. The number of nitrogens with one attached hydrogen (secondary N) is 1. The number of rotatable bonds is 14. The molecule has 4 aliphatic rings. The first kappa shape index (κ1) is 59.4. The van der Waals surface area contributed by atoms with E-state index in [9.17, 15) is 29.6 Å². The van der Waals surface area contributed by atoms with Gasteiger partial charge in [-0.1, -0.05) is 35.4 Å². The van der Waals surface area contributed by atoms with E-state index in [-0.39, 0.29) is 33.9 Å². The Bertz CT molecular complexity index is 2940. The number of fused-ring (bicyclic) bond motifs is 1. The van der Waals surface area contributed by atoms with Crippen LogP contribution < -0.4 is 19.1 Å². The van der Waals surface area contributed by atoms with E-state index in [0.717, 1.165) is 69.1 Å². The zero-order valence-corrected chi connectivity index (χ0v) is 45.8. The van der Waals surface area contributed by atoms with Crippen LogP contribution in [0.4, 0.5) is 16.0 Å². The lowest BCUT2D eigenvalue weighted by atomic mass is 10.0. The highest BCUT2D eigenvalue weighted by Gasteiger charge is 2.24. The van der Waals surface area contributed by atoms with Gasteiger partial charge >= 0.3 is 0 Å². The minimum Gasteiger partial charge on any atom is -0.491 e. The van der Waals surface area contributed by atoms with Gasteiger partial charge in [-0.05, 0) is 107 Å². The lowest BCUT2D eigenvalue weighted by molar-refractivity contribution is 0.0455. The van der Waals surface area contributed by atoms with Crippen molar-refractivity contribution in [1.29, 1.82) is 0 Å². The topological polar surface area (TPSA) is 241 Å². The molecule has 19 nitrogen and oxygen atoms in total. The summed E-state index contributed by atoms with van der Waals surface area (Å²) in [6.45, 7) is 11.5. The van der Waals surface area contributed by atoms with Crippen LogP contribution in [0, 0.1) is 37.4 Å². The smallest absolute Gasteiger partial charge is 0.296 e. The maximum atomic E-state index is 14.9. The van der Waals surface area contributed by atoms with Crippen LogP contribution >= 0.6 is 10.7 Å².